The first-order valence-corrected chi connectivity index (χ1v) is 12.8. The van der Waals surface area contributed by atoms with E-state index in [-0.39, 0.29) is 22.5 Å². The molecule has 0 saturated carbocycles. The van der Waals surface area contributed by atoms with E-state index in [0.717, 1.165) is 5.56 Å². The Balaban J connectivity index is 1.62. The molecule has 5 rings (SSSR count). The molecule has 0 unspecified atom stereocenters. The van der Waals surface area contributed by atoms with Gasteiger partial charge in [-0.2, -0.15) is 13.2 Å². The lowest BCUT2D eigenvalue weighted by molar-refractivity contribution is -0.140. The van der Waals surface area contributed by atoms with Gasteiger partial charge in [-0.3, -0.25) is 14.2 Å². The summed E-state index contributed by atoms with van der Waals surface area (Å²) in [5.74, 6) is 0.576. The highest BCUT2D eigenvalue weighted by Crippen LogP contribution is 2.36. The number of benzene rings is 1. The number of aromatic nitrogens is 5. The Bertz CT molecular complexity index is 1910. The molecule has 0 saturated heterocycles. The third-order valence-corrected chi connectivity index (χ3v) is 6.94. The molecule has 8 nitrogen and oxygen atoms in total. The molecule has 5 aromatic rings. The average Bonchev–Trinajstić information content (AvgIpc) is 2.91. The molecule has 0 aliphatic rings. The van der Waals surface area contributed by atoms with E-state index >= 15 is 0 Å². The lowest BCUT2D eigenvalue weighted by Crippen LogP contribution is -2.22. The SMILES string of the molecule is Cc1cc([C@@H](C)Nc2ccc(C)nc2C(F)(F)F)c2cc(-c3ccn(-c4cnc(C)nc4)c(=O)c3)n(C)c(=O)c2c1. The fourth-order valence-corrected chi connectivity index (χ4v) is 4.88. The van der Waals surface area contributed by atoms with E-state index in [1.807, 2.05) is 13.0 Å². The van der Waals surface area contributed by atoms with E-state index < -0.39 is 17.9 Å². The number of nitrogens with zero attached hydrogens (tertiary/aromatic N) is 5. The van der Waals surface area contributed by atoms with E-state index in [0.29, 0.717) is 39.1 Å². The van der Waals surface area contributed by atoms with Gasteiger partial charge in [-0.25, -0.2) is 15.0 Å². The second-order valence-electron chi connectivity index (χ2n) is 10.0. The lowest BCUT2D eigenvalue weighted by atomic mass is 9.96. The van der Waals surface area contributed by atoms with Crippen LogP contribution < -0.4 is 16.4 Å². The maximum Gasteiger partial charge on any atom is 0.435 e. The first kappa shape index (κ1) is 27.8. The number of alkyl halides is 3. The van der Waals surface area contributed by atoms with Crippen LogP contribution in [0.1, 0.15) is 41.3 Å². The van der Waals surface area contributed by atoms with Crippen LogP contribution in [-0.2, 0) is 13.2 Å². The minimum Gasteiger partial charge on any atom is -0.377 e. The highest BCUT2D eigenvalue weighted by molar-refractivity contribution is 5.89. The van der Waals surface area contributed by atoms with Crippen molar-refractivity contribution < 1.29 is 13.2 Å². The number of pyridine rings is 3. The fourth-order valence-electron chi connectivity index (χ4n) is 4.88. The molecule has 210 valence electrons. The Kier molecular flexibility index (Phi) is 6.98. The minimum absolute atomic E-state index is 0.155. The van der Waals surface area contributed by atoms with Gasteiger partial charge in [-0.05, 0) is 74.5 Å². The number of nitrogens with one attached hydrogen (secondary N) is 1. The third-order valence-electron chi connectivity index (χ3n) is 6.94. The van der Waals surface area contributed by atoms with E-state index in [1.165, 1.54) is 34.3 Å². The van der Waals surface area contributed by atoms with Crippen molar-refractivity contribution in [2.45, 2.75) is 39.9 Å². The van der Waals surface area contributed by atoms with Crippen molar-refractivity contribution in [2.75, 3.05) is 5.32 Å². The predicted molar refractivity (Wildman–Crippen MR) is 151 cm³/mol. The maximum atomic E-state index is 13.7. The molecule has 11 heteroatoms. The monoisotopic (exact) mass is 560 g/mol. The summed E-state index contributed by atoms with van der Waals surface area (Å²) in [6.07, 6.45) is 0.0400. The standard InChI is InChI=1S/C30H27F3N6O2/c1-16-10-22(18(3)37-25-7-6-17(2)36-28(25)30(31,32)33)23-13-26(38(5)29(41)24(23)11-16)20-8-9-39(27(40)12-20)21-14-34-19(4)35-15-21/h6-15,18,37H,1-5H3/t18-/m1/s1. The van der Waals surface area contributed by atoms with Crippen LogP contribution in [0.4, 0.5) is 18.9 Å². The molecule has 41 heavy (non-hydrogen) atoms. The van der Waals surface area contributed by atoms with Crippen molar-refractivity contribution in [2.24, 2.45) is 7.05 Å². The maximum absolute atomic E-state index is 13.7. The van der Waals surface area contributed by atoms with E-state index in [2.05, 4.69) is 20.3 Å². The van der Waals surface area contributed by atoms with Crippen LogP contribution in [0.3, 0.4) is 0 Å². The molecule has 0 fully saturated rings. The molecule has 0 bridgehead atoms. The number of rotatable bonds is 5. The van der Waals surface area contributed by atoms with Crippen molar-refractivity contribution >= 4 is 16.5 Å². The van der Waals surface area contributed by atoms with Crippen LogP contribution >= 0.6 is 0 Å². The summed E-state index contributed by atoms with van der Waals surface area (Å²) in [4.78, 5) is 38.5. The summed E-state index contributed by atoms with van der Waals surface area (Å²) in [5, 5.41) is 3.94. The van der Waals surface area contributed by atoms with Gasteiger partial charge in [0.15, 0.2) is 5.69 Å². The Morgan fingerprint density at radius 1 is 0.927 bits per heavy atom. The number of fused-ring (bicyclic) bond motifs is 1. The van der Waals surface area contributed by atoms with Crippen LogP contribution in [0.2, 0.25) is 0 Å². The molecule has 0 amide bonds. The van der Waals surface area contributed by atoms with E-state index in [1.54, 1.807) is 57.7 Å². The average molecular weight is 561 g/mol. The Morgan fingerprint density at radius 3 is 2.29 bits per heavy atom. The summed E-state index contributed by atoms with van der Waals surface area (Å²) in [7, 11) is 1.62. The highest BCUT2D eigenvalue weighted by atomic mass is 19.4. The fraction of sp³-hybridized carbons (Fsp3) is 0.233. The third kappa shape index (κ3) is 5.34. The molecule has 0 aliphatic carbocycles. The highest BCUT2D eigenvalue weighted by Gasteiger charge is 2.36. The van der Waals surface area contributed by atoms with Gasteiger partial charge in [0.2, 0.25) is 0 Å². The molecule has 1 atom stereocenters. The van der Waals surface area contributed by atoms with Gasteiger partial charge < -0.3 is 9.88 Å². The van der Waals surface area contributed by atoms with Crippen LogP contribution in [0.15, 0.2) is 70.6 Å². The van der Waals surface area contributed by atoms with Gasteiger partial charge in [-0.1, -0.05) is 6.07 Å². The first-order chi connectivity index (χ1) is 19.3. The van der Waals surface area contributed by atoms with Crippen LogP contribution in [0.5, 0.6) is 0 Å². The normalized spacial score (nSPS) is 12.5. The molecule has 0 radical (unpaired) electrons. The topological polar surface area (TPSA) is 94.7 Å². The molecule has 1 N–H and O–H groups in total. The summed E-state index contributed by atoms with van der Waals surface area (Å²) in [6.45, 7) is 6.80. The molecular weight excluding hydrogens is 533 g/mol. The molecule has 4 aromatic heterocycles. The lowest BCUT2D eigenvalue weighted by Gasteiger charge is -2.22. The van der Waals surface area contributed by atoms with E-state index in [4.69, 9.17) is 0 Å². The van der Waals surface area contributed by atoms with Crippen LogP contribution in [0, 0.1) is 20.8 Å². The number of anilines is 1. The van der Waals surface area contributed by atoms with Crippen molar-refractivity contribution in [3.05, 3.63) is 110 Å². The van der Waals surface area contributed by atoms with E-state index in [9.17, 15) is 22.8 Å². The van der Waals surface area contributed by atoms with Gasteiger partial charge in [0, 0.05) is 42.0 Å². The van der Waals surface area contributed by atoms with Gasteiger partial charge in [-0.15, -0.1) is 0 Å². The Labute approximate surface area is 233 Å². The molecule has 0 aliphatic heterocycles. The summed E-state index contributed by atoms with van der Waals surface area (Å²) >= 11 is 0. The minimum atomic E-state index is -4.64. The number of hydrogen-bond donors (Lipinski definition) is 1. The van der Waals surface area contributed by atoms with Crippen molar-refractivity contribution in [3.63, 3.8) is 0 Å². The van der Waals surface area contributed by atoms with Crippen molar-refractivity contribution in [1.82, 2.24) is 24.1 Å². The van der Waals surface area contributed by atoms with Crippen LogP contribution in [0.25, 0.3) is 27.7 Å². The summed E-state index contributed by atoms with van der Waals surface area (Å²) in [6, 6.07) is 10.8. The van der Waals surface area contributed by atoms with Gasteiger partial charge in [0.25, 0.3) is 11.1 Å². The number of halogens is 3. The van der Waals surface area contributed by atoms with Crippen molar-refractivity contribution in [1.29, 1.82) is 0 Å². The van der Waals surface area contributed by atoms with Gasteiger partial charge in [0.05, 0.1) is 29.5 Å². The molecule has 1 aromatic carbocycles. The van der Waals surface area contributed by atoms with Gasteiger partial charge >= 0.3 is 6.18 Å². The predicted octanol–water partition coefficient (Wildman–Crippen LogP) is 5.66. The molecule has 0 spiro atoms. The molecule has 4 heterocycles. The summed E-state index contributed by atoms with van der Waals surface area (Å²) < 4.78 is 44.1. The molecular formula is C30H27F3N6O2. The second-order valence-corrected chi connectivity index (χ2v) is 10.0. The number of hydrogen-bond acceptors (Lipinski definition) is 6. The zero-order valence-corrected chi connectivity index (χ0v) is 23.0. The Morgan fingerprint density at radius 2 is 1.63 bits per heavy atom. The largest absolute Gasteiger partial charge is 0.435 e. The van der Waals surface area contributed by atoms with Crippen LogP contribution in [-0.4, -0.2) is 24.1 Å². The number of aryl methyl sites for hydroxylation is 3. The van der Waals surface area contributed by atoms with Crippen molar-refractivity contribution in [3.8, 4) is 16.9 Å². The first-order valence-electron chi connectivity index (χ1n) is 12.8. The quantitative estimate of drug-likeness (QED) is 0.298. The summed E-state index contributed by atoms with van der Waals surface area (Å²) in [5.41, 5.74) is 1.38. The second kappa shape index (κ2) is 10.3. The Hall–Kier alpha value is -4.80. The zero-order valence-electron chi connectivity index (χ0n) is 23.0. The zero-order chi connectivity index (χ0) is 29.6. The smallest absolute Gasteiger partial charge is 0.377 e. The van der Waals surface area contributed by atoms with Gasteiger partial charge in [0.1, 0.15) is 5.82 Å².